The molecule has 2 N–H and O–H groups in total. The highest BCUT2D eigenvalue weighted by molar-refractivity contribution is 6.22. The molecule has 0 spiro atoms. The molecule has 28 heavy (non-hydrogen) atoms. The Balaban J connectivity index is 1.53. The molecule has 1 saturated heterocycles. The van der Waals surface area contributed by atoms with Gasteiger partial charge < -0.3 is 15.5 Å². The summed E-state index contributed by atoms with van der Waals surface area (Å²) in [6.45, 7) is 7.33. The number of hydrogen-bond acceptors (Lipinski definition) is 5. The number of fused-ring (bicyclic) bond motifs is 5. The zero-order valence-electron chi connectivity index (χ0n) is 16.6. The van der Waals surface area contributed by atoms with Crippen LogP contribution in [0.3, 0.4) is 0 Å². The third-order valence-electron chi connectivity index (χ3n) is 6.99. The Hall–Kier alpha value is -1.43. The Kier molecular flexibility index (Phi) is 4.93. The number of halogens is 1. The van der Waals surface area contributed by atoms with E-state index in [0.717, 1.165) is 57.8 Å². The van der Waals surface area contributed by atoms with E-state index in [1.807, 2.05) is 0 Å². The zero-order chi connectivity index (χ0) is 19.3. The number of rotatable bonds is 4. The quantitative estimate of drug-likeness (QED) is 0.788. The van der Waals surface area contributed by atoms with Gasteiger partial charge in [0.2, 0.25) is 0 Å². The van der Waals surface area contributed by atoms with Gasteiger partial charge in [0.1, 0.15) is 12.1 Å². The van der Waals surface area contributed by atoms with Gasteiger partial charge in [-0.3, -0.25) is 0 Å². The van der Waals surface area contributed by atoms with Gasteiger partial charge in [0, 0.05) is 41.9 Å². The number of alkyl halides is 1. The van der Waals surface area contributed by atoms with Gasteiger partial charge in [-0.05, 0) is 56.8 Å². The monoisotopic (exact) mass is 399 g/mol. The van der Waals surface area contributed by atoms with E-state index in [-0.39, 0.29) is 5.38 Å². The van der Waals surface area contributed by atoms with Crippen LogP contribution in [0.5, 0.6) is 0 Å². The summed E-state index contributed by atoms with van der Waals surface area (Å²) >= 11 is 6.78. The molecule has 1 fully saturated rings. The second-order valence-corrected chi connectivity index (χ2v) is 9.32. The van der Waals surface area contributed by atoms with Gasteiger partial charge >= 0.3 is 0 Å². The Morgan fingerprint density at radius 1 is 1.21 bits per heavy atom. The highest BCUT2D eigenvalue weighted by atomic mass is 35.5. The van der Waals surface area contributed by atoms with Crippen LogP contribution in [0.25, 0.3) is 0 Å². The SMILES string of the molecule is C[C@@H]1CCc2ncnc(N3C[C@@H]4CN(CCCN)CCC5C=C3C4=CC5Cl)c21. The van der Waals surface area contributed by atoms with Crippen molar-refractivity contribution in [3.05, 3.63) is 41.0 Å². The molecule has 4 bridgehead atoms. The number of allylic oxidation sites excluding steroid dienone is 3. The first-order chi connectivity index (χ1) is 13.7. The molecule has 2 unspecified atom stereocenters. The van der Waals surface area contributed by atoms with Crippen LogP contribution in [0.4, 0.5) is 5.82 Å². The molecule has 1 aromatic heterocycles. The number of nitrogens with zero attached hydrogens (tertiary/aromatic N) is 4. The Morgan fingerprint density at radius 2 is 2.11 bits per heavy atom. The molecule has 6 rings (SSSR count). The van der Waals surface area contributed by atoms with Gasteiger partial charge in [-0.1, -0.05) is 19.1 Å². The van der Waals surface area contributed by atoms with Crippen LogP contribution in [-0.4, -0.2) is 53.0 Å². The van der Waals surface area contributed by atoms with Crippen LogP contribution in [0.1, 0.15) is 43.4 Å². The van der Waals surface area contributed by atoms with Crippen molar-refractivity contribution in [3.63, 3.8) is 0 Å². The maximum absolute atomic E-state index is 6.78. The number of hydrogen-bond donors (Lipinski definition) is 1. The van der Waals surface area contributed by atoms with E-state index in [4.69, 9.17) is 22.3 Å². The van der Waals surface area contributed by atoms with Crippen LogP contribution in [0.2, 0.25) is 0 Å². The molecule has 0 radical (unpaired) electrons. The molecule has 5 nitrogen and oxygen atoms in total. The summed E-state index contributed by atoms with van der Waals surface area (Å²) in [5, 5.41) is 0.102. The average Bonchev–Trinajstić information content (AvgIpc) is 3.27. The highest BCUT2D eigenvalue weighted by Crippen LogP contribution is 2.46. The van der Waals surface area contributed by atoms with E-state index in [2.05, 4.69) is 33.9 Å². The molecule has 0 saturated carbocycles. The smallest absolute Gasteiger partial charge is 0.140 e. The fourth-order valence-corrected chi connectivity index (χ4v) is 5.80. The summed E-state index contributed by atoms with van der Waals surface area (Å²) < 4.78 is 0. The molecule has 150 valence electrons. The lowest BCUT2D eigenvalue weighted by molar-refractivity contribution is 0.240. The third kappa shape index (κ3) is 3.08. The van der Waals surface area contributed by atoms with Crippen LogP contribution >= 0.6 is 11.6 Å². The highest BCUT2D eigenvalue weighted by Gasteiger charge is 2.41. The van der Waals surface area contributed by atoms with Crippen LogP contribution in [0.15, 0.2) is 29.7 Å². The van der Waals surface area contributed by atoms with Gasteiger partial charge in [-0.25, -0.2) is 9.97 Å². The van der Waals surface area contributed by atoms with Crippen molar-refractivity contribution in [2.24, 2.45) is 17.6 Å². The molecule has 4 heterocycles. The van der Waals surface area contributed by atoms with Crippen molar-refractivity contribution in [1.29, 1.82) is 0 Å². The standard InChI is InChI=1S/C22H30ClN5/c1-14-3-4-19-21(14)22(26-13-25-19)28-12-16-11-27(7-2-6-24)8-5-15-9-20(28)17(16)10-18(15)23/h9-10,13-16,18H,2-8,11-12,24H2,1H3/t14-,15?,16+,18?/m1/s1. The summed E-state index contributed by atoms with van der Waals surface area (Å²) in [7, 11) is 0. The molecule has 0 aromatic carbocycles. The van der Waals surface area contributed by atoms with Crippen molar-refractivity contribution >= 4 is 17.4 Å². The minimum Gasteiger partial charge on any atom is -0.330 e. The minimum atomic E-state index is 0.102. The minimum absolute atomic E-state index is 0.102. The maximum Gasteiger partial charge on any atom is 0.140 e. The predicted molar refractivity (Wildman–Crippen MR) is 114 cm³/mol. The van der Waals surface area contributed by atoms with Crippen molar-refractivity contribution in [2.45, 2.75) is 43.9 Å². The maximum atomic E-state index is 6.78. The molecular weight excluding hydrogens is 370 g/mol. The summed E-state index contributed by atoms with van der Waals surface area (Å²) in [6.07, 6.45) is 10.9. The summed E-state index contributed by atoms with van der Waals surface area (Å²) in [6, 6.07) is 0. The molecule has 6 heteroatoms. The lowest BCUT2D eigenvalue weighted by atomic mass is 9.89. The summed E-state index contributed by atoms with van der Waals surface area (Å²) in [5.41, 5.74) is 11.2. The van der Waals surface area contributed by atoms with Gasteiger partial charge in [0.05, 0.1) is 5.38 Å². The third-order valence-corrected chi connectivity index (χ3v) is 7.44. The van der Waals surface area contributed by atoms with Gasteiger partial charge in [-0.2, -0.15) is 0 Å². The van der Waals surface area contributed by atoms with E-state index in [0.29, 0.717) is 17.8 Å². The average molecular weight is 400 g/mol. The zero-order valence-corrected chi connectivity index (χ0v) is 17.4. The van der Waals surface area contributed by atoms with Crippen molar-refractivity contribution in [2.75, 3.05) is 37.6 Å². The van der Waals surface area contributed by atoms with E-state index in [9.17, 15) is 0 Å². The number of aromatic nitrogens is 2. The second kappa shape index (κ2) is 7.43. The molecule has 2 aliphatic carbocycles. The molecule has 0 amide bonds. The van der Waals surface area contributed by atoms with Crippen LogP contribution < -0.4 is 10.6 Å². The molecule has 4 atom stereocenters. The van der Waals surface area contributed by atoms with Crippen LogP contribution in [0, 0.1) is 11.8 Å². The molecule has 5 aliphatic rings. The van der Waals surface area contributed by atoms with E-state index >= 15 is 0 Å². The topological polar surface area (TPSA) is 58.3 Å². The number of nitrogens with two attached hydrogens (primary N) is 1. The van der Waals surface area contributed by atoms with Gasteiger partial charge in [0.15, 0.2) is 0 Å². The largest absolute Gasteiger partial charge is 0.330 e. The first-order valence-electron chi connectivity index (χ1n) is 10.8. The van der Waals surface area contributed by atoms with E-state index < -0.39 is 0 Å². The van der Waals surface area contributed by atoms with Crippen molar-refractivity contribution in [3.8, 4) is 0 Å². The second-order valence-electron chi connectivity index (χ2n) is 8.82. The fraction of sp³-hybridized carbons (Fsp3) is 0.636. The first-order valence-corrected chi connectivity index (χ1v) is 11.2. The number of aryl methyl sites for hydroxylation is 1. The fourth-order valence-electron chi connectivity index (χ4n) is 5.47. The van der Waals surface area contributed by atoms with Gasteiger partial charge in [0.25, 0.3) is 0 Å². The normalized spacial score (nSPS) is 31.9. The number of anilines is 1. The Bertz CT molecular complexity index is 819. The van der Waals surface area contributed by atoms with E-state index in [1.165, 1.54) is 28.9 Å². The Morgan fingerprint density at radius 3 is 2.96 bits per heavy atom. The predicted octanol–water partition coefficient (Wildman–Crippen LogP) is 3.06. The summed E-state index contributed by atoms with van der Waals surface area (Å²) in [4.78, 5) is 14.4. The molecule has 1 aromatic rings. The first kappa shape index (κ1) is 18.6. The van der Waals surface area contributed by atoms with Crippen LogP contribution in [-0.2, 0) is 6.42 Å². The Labute approximate surface area is 172 Å². The summed E-state index contributed by atoms with van der Waals surface area (Å²) in [5.74, 6) is 2.53. The van der Waals surface area contributed by atoms with Gasteiger partial charge in [-0.15, -0.1) is 11.6 Å². The van der Waals surface area contributed by atoms with Crippen molar-refractivity contribution < 1.29 is 0 Å². The van der Waals surface area contributed by atoms with Crippen molar-refractivity contribution in [1.82, 2.24) is 14.9 Å². The molecule has 3 aliphatic heterocycles. The lowest BCUT2D eigenvalue weighted by Gasteiger charge is -2.29. The molecular formula is C22H30ClN5. The van der Waals surface area contributed by atoms with E-state index in [1.54, 1.807) is 6.33 Å². The lowest BCUT2D eigenvalue weighted by Crippen LogP contribution is -2.35.